The van der Waals surface area contributed by atoms with Crippen molar-refractivity contribution in [3.63, 3.8) is 0 Å². The quantitative estimate of drug-likeness (QED) is 0.0973. The number of rotatable bonds is 13. The molecular weight excluding hydrogens is 799 g/mol. The summed E-state index contributed by atoms with van der Waals surface area (Å²) >= 11 is 14.0. The van der Waals surface area contributed by atoms with E-state index in [1.807, 2.05) is 12.1 Å². The number of amides is 2. The normalized spacial score (nSPS) is 12.4. The topological polar surface area (TPSA) is 148 Å². The van der Waals surface area contributed by atoms with Crippen LogP contribution in [-0.2, 0) is 9.59 Å². The molecule has 60 heavy (non-hydrogen) atoms. The molecule has 0 spiro atoms. The van der Waals surface area contributed by atoms with Gasteiger partial charge >= 0.3 is 11.7 Å². The lowest BCUT2D eigenvalue weighted by atomic mass is 9.87. The van der Waals surface area contributed by atoms with E-state index in [9.17, 15) is 15.0 Å². The Balaban J connectivity index is 1.52. The number of benzene rings is 6. The van der Waals surface area contributed by atoms with Crippen LogP contribution in [0.5, 0.6) is 23.0 Å². The van der Waals surface area contributed by atoms with Gasteiger partial charge < -0.3 is 30.3 Å². The highest BCUT2D eigenvalue weighted by Crippen LogP contribution is 2.49. The van der Waals surface area contributed by atoms with Crippen molar-refractivity contribution in [1.82, 2.24) is 14.9 Å². The number of ether oxygens (including phenoxy) is 2. The number of phenols is 2. The number of carbonyl (C=O) groups excluding carboxylic acids is 2. The van der Waals surface area contributed by atoms with Crippen molar-refractivity contribution in [3.05, 3.63) is 202 Å². The second kappa shape index (κ2) is 17.0. The predicted octanol–water partition coefficient (Wildman–Crippen LogP) is 9.94. The molecule has 2 heterocycles. The maximum absolute atomic E-state index is 16.6. The van der Waals surface area contributed by atoms with Gasteiger partial charge in [-0.3, -0.25) is 19.6 Å². The molecule has 6 aromatic carbocycles. The number of fused-ring (bicyclic) bond motifs is 2. The van der Waals surface area contributed by atoms with Crippen LogP contribution in [0.1, 0.15) is 40.8 Å². The first-order valence-electron chi connectivity index (χ1n) is 18.9. The number of nitrogens with zero attached hydrogens (tertiary/aromatic N) is 3. The van der Waals surface area contributed by atoms with Crippen molar-refractivity contribution in [2.45, 2.75) is 24.3 Å². The summed E-state index contributed by atoms with van der Waals surface area (Å²) in [4.78, 5) is 40.4. The number of aromatic hydroxyl groups is 2. The summed E-state index contributed by atoms with van der Waals surface area (Å²) in [6.45, 7) is 0. The molecule has 0 fully saturated rings. The molecule has 2 aromatic heterocycles. The maximum Gasteiger partial charge on any atom is 0.341 e. The molecule has 2 atom stereocenters. The average molecular weight is 836 g/mol. The lowest BCUT2D eigenvalue weighted by Crippen LogP contribution is -2.60. The van der Waals surface area contributed by atoms with Crippen LogP contribution in [0.3, 0.4) is 0 Å². The zero-order valence-corrected chi connectivity index (χ0v) is 33.2. The van der Waals surface area contributed by atoms with Gasteiger partial charge in [-0.2, -0.15) is 0 Å². The van der Waals surface area contributed by atoms with Gasteiger partial charge in [0.2, 0.25) is 5.91 Å². The molecule has 0 radical (unpaired) electrons. The fourth-order valence-corrected chi connectivity index (χ4v) is 8.04. The van der Waals surface area contributed by atoms with Gasteiger partial charge in [0, 0.05) is 34.3 Å². The van der Waals surface area contributed by atoms with Gasteiger partial charge in [-0.15, -0.1) is 0 Å². The van der Waals surface area contributed by atoms with E-state index in [0.717, 1.165) is 0 Å². The van der Waals surface area contributed by atoms with Crippen molar-refractivity contribution >= 4 is 56.8 Å². The fourth-order valence-electron chi connectivity index (χ4n) is 7.50. The average Bonchev–Trinajstić information content (AvgIpc) is 3.27. The Labute approximate surface area is 355 Å². The van der Waals surface area contributed by atoms with Crippen LogP contribution in [0.4, 0.5) is 0 Å². The van der Waals surface area contributed by atoms with Crippen molar-refractivity contribution in [1.29, 1.82) is 0 Å². The number of pyridine rings is 2. The number of primary amides is 1. The summed E-state index contributed by atoms with van der Waals surface area (Å²) in [6, 6.07) is 42.1. The first kappa shape index (κ1) is 39.7. The van der Waals surface area contributed by atoms with Crippen LogP contribution in [0.2, 0.25) is 10.0 Å². The number of phenolic OH excluding ortho intramolecular Hbond substituents is 2. The lowest BCUT2D eigenvalue weighted by molar-refractivity contribution is -0.185. The highest BCUT2D eigenvalue weighted by Gasteiger charge is 2.53. The van der Waals surface area contributed by atoms with Crippen molar-refractivity contribution < 1.29 is 29.3 Å². The molecule has 0 aliphatic heterocycles. The van der Waals surface area contributed by atoms with E-state index in [2.05, 4.69) is 9.97 Å². The van der Waals surface area contributed by atoms with Crippen LogP contribution >= 0.6 is 23.2 Å². The minimum atomic E-state index is -2.53. The molecule has 12 heteroatoms. The lowest BCUT2D eigenvalue weighted by Gasteiger charge is -2.44. The van der Waals surface area contributed by atoms with E-state index in [-0.39, 0.29) is 55.2 Å². The standard InChI is InChI=1S/C48H36Cl2N4O6/c49-38-27-36(45(56)41-34(38)23-13-25-52-41)43(30-15-5-1-6-16-30)54(44(31-17-7-2-8-18-31)37-28-39(50)35-24-14-26-53-42(35)46(37)57)47(58)48(29-40(51)55,59-32-19-9-3-10-20-32)60-33-21-11-4-12-22-33/h1-28,43-44,56-57H,29H2,(H2,51,55). The Hall–Kier alpha value is -7.14. The van der Waals surface area contributed by atoms with Crippen LogP contribution in [0.25, 0.3) is 21.8 Å². The van der Waals surface area contributed by atoms with Gasteiger partial charge in [-0.05, 0) is 71.8 Å². The molecule has 298 valence electrons. The number of carbonyl (C=O) groups is 2. The number of para-hydroxylation sites is 2. The van der Waals surface area contributed by atoms with Crippen LogP contribution in [0.15, 0.2) is 170 Å². The molecule has 0 saturated heterocycles. The van der Waals surface area contributed by atoms with Crippen molar-refractivity contribution in [3.8, 4) is 23.0 Å². The zero-order chi connectivity index (χ0) is 41.8. The van der Waals surface area contributed by atoms with E-state index in [1.54, 1.807) is 146 Å². The van der Waals surface area contributed by atoms with Gasteiger partial charge in [0.25, 0.3) is 0 Å². The first-order chi connectivity index (χ1) is 29.1. The first-order valence-corrected chi connectivity index (χ1v) is 19.6. The molecule has 2 amide bonds. The predicted molar refractivity (Wildman–Crippen MR) is 231 cm³/mol. The molecule has 0 saturated carbocycles. The molecule has 10 nitrogen and oxygen atoms in total. The van der Waals surface area contributed by atoms with Gasteiger partial charge in [0.15, 0.2) is 0 Å². The summed E-state index contributed by atoms with van der Waals surface area (Å²) < 4.78 is 13.3. The third-order valence-electron chi connectivity index (χ3n) is 10.1. The minimum absolute atomic E-state index is 0.156. The van der Waals surface area contributed by atoms with Crippen LogP contribution < -0.4 is 15.2 Å². The molecule has 0 aliphatic rings. The molecule has 8 rings (SSSR count). The summed E-state index contributed by atoms with van der Waals surface area (Å²) in [7, 11) is 0. The van der Waals surface area contributed by atoms with Gasteiger partial charge in [0.1, 0.15) is 40.5 Å². The molecule has 0 bridgehead atoms. The Morgan fingerprint density at radius 3 is 1.37 bits per heavy atom. The minimum Gasteiger partial charge on any atom is -0.505 e. The molecule has 0 aliphatic carbocycles. The monoisotopic (exact) mass is 834 g/mol. The Morgan fingerprint density at radius 2 is 0.983 bits per heavy atom. The molecule has 2 unspecified atom stereocenters. The highest BCUT2D eigenvalue weighted by molar-refractivity contribution is 6.36. The van der Waals surface area contributed by atoms with E-state index in [1.165, 1.54) is 17.3 Å². The summed E-state index contributed by atoms with van der Waals surface area (Å²) in [6.07, 6.45) is 2.26. The van der Waals surface area contributed by atoms with Crippen LogP contribution in [0, 0.1) is 0 Å². The highest BCUT2D eigenvalue weighted by atomic mass is 35.5. The van der Waals surface area contributed by atoms with Crippen molar-refractivity contribution in [2.24, 2.45) is 5.73 Å². The number of hydrogen-bond acceptors (Lipinski definition) is 8. The number of nitrogens with two attached hydrogens (primary N) is 1. The second-order valence-corrected chi connectivity index (χ2v) is 14.8. The Morgan fingerprint density at radius 1 is 0.600 bits per heavy atom. The summed E-state index contributed by atoms with van der Waals surface area (Å²) in [5.74, 6) is -4.57. The molecule has 4 N–H and O–H groups in total. The molecule has 8 aromatic rings. The van der Waals surface area contributed by atoms with E-state index >= 15 is 4.79 Å². The number of aromatic nitrogens is 2. The third-order valence-corrected chi connectivity index (χ3v) is 10.7. The van der Waals surface area contributed by atoms with Gasteiger partial charge in [-0.1, -0.05) is 120 Å². The van der Waals surface area contributed by atoms with Crippen LogP contribution in [-0.4, -0.2) is 42.7 Å². The SMILES string of the molecule is NC(=O)CC(Oc1ccccc1)(Oc1ccccc1)C(=O)N(C(c1ccccc1)c1cc(Cl)c2cccnc2c1O)C(c1ccccc1)c1cc(Cl)c2cccnc2c1O. The Bertz CT molecular complexity index is 2640. The fraction of sp³-hybridized carbons (Fsp3) is 0.0833. The van der Waals surface area contributed by atoms with E-state index in [4.69, 9.17) is 38.4 Å². The third kappa shape index (κ3) is 7.73. The summed E-state index contributed by atoms with van der Waals surface area (Å²) in [5, 5.41) is 26.1. The number of hydrogen-bond donors (Lipinski definition) is 3. The maximum atomic E-state index is 16.6. The number of halogens is 2. The largest absolute Gasteiger partial charge is 0.505 e. The Kier molecular flexibility index (Phi) is 11.2. The van der Waals surface area contributed by atoms with E-state index < -0.39 is 36.1 Å². The smallest absolute Gasteiger partial charge is 0.341 e. The van der Waals surface area contributed by atoms with Crippen molar-refractivity contribution in [2.75, 3.05) is 0 Å². The summed E-state index contributed by atoms with van der Waals surface area (Å²) in [5.41, 5.74) is 7.68. The zero-order valence-electron chi connectivity index (χ0n) is 31.7. The van der Waals surface area contributed by atoms with Gasteiger partial charge in [-0.25, -0.2) is 0 Å². The second-order valence-electron chi connectivity index (χ2n) is 14.0. The molecular formula is C48H36Cl2N4O6. The van der Waals surface area contributed by atoms with E-state index in [0.29, 0.717) is 21.9 Å². The van der Waals surface area contributed by atoms with Gasteiger partial charge in [0.05, 0.1) is 22.1 Å².